The smallest absolute Gasteiger partial charge is 0.408 e. The van der Waals surface area contributed by atoms with Gasteiger partial charge in [-0.05, 0) is 24.8 Å². The molecule has 2 N–H and O–H groups in total. The van der Waals surface area contributed by atoms with E-state index in [0.29, 0.717) is 6.42 Å². The zero-order valence-corrected chi connectivity index (χ0v) is 10.4. The van der Waals surface area contributed by atoms with E-state index in [-0.39, 0.29) is 12.0 Å². The van der Waals surface area contributed by atoms with Gasteiger partial charge in [0.2, 0.25) is 0 Å². The molecule has 0 radical (unpaired) electrons. The molecule has 0 saturated heterocycles. The summed E-state index contributed by atoms with van der Waals surface area (Å²) in [6.45, 7) is 0.148. The zero-order chi connectivity index (χ0) is 13.5. The largest absolute Gasteiger partial charge is 0.479 e. The predicted octanol–water partition coefficient (Wildman–Crippen LogP) is 1.92. The molecular formula is C14H15NO4. The van der Waals surface area contributed by atoms with Crippen molar-refractivity contribution in [1.82, 2.24) is 5.32 Å². The molecule has 19 heavy (non-hydrogen) atoms. The Morgan fingerprint density at radius 2 is 1.95 bits per heavy atom. The van der Waals surface area contributed by atoms with Crippen molar-refractivity contribution in [3.8, 4) is 0 Å². The van der Waals surface area contributed by atoms with E-state index in [2.05, 4.69) is 5.32 Å². The minimum atomic E-state index is -1.08. The fourth-order valence-corrected chi connectivity index (χ4v) is 2.68. The highest BCUT2D eigenvalue weighted by molar-refractivity contribution is 5.90. The van der Waals surface area contributed by atoms with Gasteiger partial charge in [-0.15, -0.1) is 0 Å². The lowest BCUT2D eigenvalue weighted by Gasteiger charge is -2.14. The number of hydrogen-bond acceptors (Lipinski definition) is 3. The number of amides is 1. The lowest BCUT2D eigenvalue weighted by atomic mass is 10.2. The monoisotopic (exact) mass is 261 g/mol. The molecule has 5 heteroatoms. The predicted molar refractivity (Wildman–Crippen MR) is 66.4 cm³/mol. The van der Waals surface area contributed by atoms with Crippen molar-refractivity contribution in [3.05, 3.63) is 35.9 Å². The Hall–Kier alpha value is -2.04. The highest BCUT2D eigenvalue weighted by Gasteiger charge is 2.79. The molecule has 5 nitrogen and oxygen atoms in total. The molecule has 0 heterocycles. The Morgan fingerprint density at radius 1 is 1.26 bits per heavy atom. The van der Waals surface area contributed by atoms with Crippen LogP contribution in [0.3, 0.4) is 0 Å². The number of carbonyl (C=O) groups is 2. The van der Waals surface area contributed by atoms with Crippen LogP contribution in [0, 0.1) is 5.41 Å². The molecule has 100 valence electrons. The summed E-state index contributed by atoms with van der Waals surface area (Å²) in [6.07, 6.45) is 1.61. The third-order valence-electron chi connectivity index (χ3n) is 4.13. The molecule has 1 amide bonds. The first-order valence-corrected chi connectivity index (χ1v) is 6.30. The molecule has 0 aliphatic heterocycles. The molecule has 0 bridgehead atoms. The van der Waals surface area contributed by atoms with Crippen molar-refractivity contribution in [2.45, 2.75) is 31.4 Å². The minimum absolute atomic E-state index is 0.148. The van der Waals surface area contributed by atoms with Crippen LogP contribution in [-0.2, 0) is 16.1 Å². The third-order valence-corrected chi connectivity index (χ3v) is 4.13. The molecule has 2 saturated carbocycles. The van der Waals surface area contributed by atoms with E-state index in [1.54, 1.807) is 0 Å². The average Bonchev–Trinajstić information content (AvgIpc) is 3.29. The third kappa shape index (κ3) is 1.95. The summed E-state index contributed by atoms with van der Waals surface area (Å²) < 4.78 is 5.06. The van der Waals surface area contributed by atoms with E-state index < -0.39 is 17.6 Å². The number of rotatable bonds is 4. The fourth-order valence-electron chi connectivity index (χ4n) is 2.68. The summed E-state index contributed by atoms with van der Waals surface area (Å²) in [5, 5.41) is 11.8. The number of carboxylic acid groups (broad SMARTS) is 1. The average molecular weight is 261 g/mol. The van der Waals surface area contributed by atoms with E-state index >= 15 is 0 Å². The number of aliphatic carboxylic acids is 1. The lowest BCUT2D eigenvalue weighted by Crippen LogP contribution is -2.45. The summed E-state index contributed by atoms with van der Waals surface area (Å²) >= 11 is 0. The second kappa shape index (κ2) is 3.98. The Balaban J connectivity index is 1.56. The van der Waals surface area contributed by atoms with Crippen LogP contribution in [0.2, 0.25) is 0 Å². The SMILES string of the molecule is O=C(NC1(C(=O)O)CC12CC2)OCc1ccccc1. The van der Waals surface area contributed by atoms with Crippen LogP contribution < -0.4 is 5.32 Å². The maximum Gasteiger partial charge on any atom is 0.408 e. The molecule has 0 aromatic heterocycles. The van der Waals surface area contributed by atoms with Crippen molar-refractivity contribution in [2.75, 3.05) is 0 Å². The highest BCUT2D eigenvalue weighted by atomic mass is 16.5. The van der Waals surface area contributed by atoms with E-state index in [0.717, 1.165) is 18.4 Å². The molecule has 1 spiro atoms. The number of hydrogen-bond donors (Lipinski definition) is 2. The topological polar surface area (TPSA) is 75.6 Å². The molecule has 1 aromatic carbocycles. The van der Waals surface area contributed by atoms with E-state index in [1.807, 2.05) is 30.3 Å². The van der Waals surface area contributed by atoms with Crippen LogP contribution in [0.15, 0.2) is 30.3 Å². The first-order chi connectivity index (χ1) is 9.08. The van der Waals surface area contributed by atoms with Gasteiger partial charge < -0.3 is 15.2 Å². The molecule has 2 fully saturated rings. The van der Waals surface area contributed by atoms with Crippen LogP contribution in [0.4, 0.5) is 4.79 Å². The Labute approximate surface area is 110 Å². The quantitative estimate of drug-likeness (QED) is 0.868. The van der Waals surface area contributed by atoms with E-state index in [4.69, 9.17) is 4.74 Å². The van der Waals surface area contributed by atoms with Crippen LogP contribution in [0.5, 0.6) is 0 Å². The summed E-state index contributed by atoms with van der Waals surface area (Å²) in [5.74, 6) is -0.957. The summed E-state index contributed by atoms with van der Waals surface area (Å²) in [6, 6.07) is 9.29. The van der Waals surface area contributed by atoms with Crippen molar-refractivity contribution in [2.24, 2.45) is 5.41 Å². The van der Waals surface area contributed by atoms with Crippen molar-refractivity contribution in [1.29, 1.82) is 0 Å². The van der Waals surface area contributed by atoms with Gasteiger partial charge in [0.25, 0.3) is 0 Å². The van der Waals surface area contributed by atoms with Gasteiger partial charge in [-0.1, -0.05) is 30.3 Å². The van der Waals surface area contributed by atoms with E-state index in [1.165, 1.54) is 0 Å². The minimum Gasteiger partial charge on any atom is -0.479 e. The Kier molecular flexibility index (Phi) is 2.52. The highest BCUT2D eigenvalue weighted by Crippen LogP contribution is 2.73. The first kappa shape index (κ1) is 12.0. The van der Waals surface area contributed by atoms with Crippen LogP contribution in [0.1, 0.15) is 24.8 Å². The molecule has 3 rings (SSSR count). The Bertz CT molecular complexity index is 524. The van der Waals surface area contributed by atoms with Crippen molar-refractivity contribution in [3.63, 3.8) is 0 Å². The van der Waals surface area contributed by atoms with Crippen molar-refractivity contribution < 1.29 is 19.4 Å². The van der Waals surface area contributed by atoms with Gasteiger partial charge in [0, 0.05) is 5.41 Å². The van der Waals surface area contributed by atoms with Gasteiger partial charge >= 0.3 is 12.1 Å². The van der Waals surface area contributed by atoms with Gasteiger partial charge in [0.05, 0.1) is 0 Å². The number of ether oxygens (including phenoxy) is 1. The lowest BCUT2D eigenvalue weighted by molar-refractivity contribution is -0.141. The summed E-state index contributed by atoms with van der Waals surface area (Å²) in [5.41, 5.74) is -0.398. The maximum absolute atomic E-state index is 11.7. The fraction of sp³-hybridized carbons (Fsp3) is 0.429. The first-order valence-electron chi connectivity index (χ1n) is 6.30. The normalized spacial score (nSPS) is 25.7. The molecular weight excluding hydrogens is 246 g/mol. The molecule has 1 aromatic rings. The Morgan fingerprint density at radius 3 is 2.47 bits per heavy atom. The van der Waals surface area contributed by atoms with Gasteiger partial charge in [0.1, 0.15) is 12.1 Å². The van der Waals surface area contributed by atoms with Crippen molar-refractivity contribution >= 4 is 12.1 Å². The molecule has 1 unspecified atom stereocenters. The molecule has 1 atom stereocenters. The zero-order valence-electron chi connectivity index (χ0n) is 10.4. The van der Waals surface area contributed by atoms with Gasteiger partial charge in [0.15, 0.2) is 0 Å². The molecule has 2 aliphatic rings. The summed E-state index contributed by atoms with van der Waals surface area (Å²) in [7, 11) is 0. The van der Waals surface area contributed by atoms with Gasteiger partial charge in [-0.3, -0.25) is 0 Å². The van der Waals surface area contributed by atoms with E-state index in [9.17, 15) is 14.7 Å². The number of carboxylic acids is 1. The van der Waals surface area contributed by atoms with Gasteiger partial charge in [-0.2, -0.15) is 0 Å². The number of nitrogens with one attached hydrogen (secondary N) is 1. The van der Waals surface area contributed by atoms with Crippen LogP contribution >= 0.6 is 0 Å². The number of benzene rings is 1. The molecule has 2 aliphatic carbocycles. The number of carbonyl (C=O) groups excluding carboxylic acids is 1. The number of alkyl carbamates (subject to hydrolysis) is 1. The van der Waals surface area contributed by atoms with Gasteiger partial charge in [-0.25, -0.2) is 9.59 Å². The van der Waals surface area contributed by atoms with Crippen LogP contribution in [0.25, 0.3) is 0 Å². The second-order valence-electron chi connectivity index (χ2n) is 5.35. The van der Waals surface area contributed by atoms with Crippen LogP contribution in [-0.4, -0.2) is 22.7 Å². The summed E-state index contributed by atoms with van der Waals surface area (Å²) in [4.78, 5) is 23.0. The standard InChI is InChI=1S/C14H15NO4/c16-11(17)14(9-13(14)6-7-13)15-12(18)19-8-10-4-2-1-3-5-10/h1-5H,6-9H2,(H,15,18)(H,16,17). The second-order valence-corrected chi connectivity index (χ2v) is 5.35. The maximum atomic E-state index is 11.7.